The van der Waals surface area contributed by atoms with Crippen molar-refractivity contribution < 1.29 is 52.5 Å². The smallest absolute Gasteiger partial charge is 0.391 e. The molecule has 1 aliphatic heterocycles. The fourth-order valence-electron chi connectivity index (χ4n) is 2.87. The highest BCUT2D eigenvalue weighted by molar-refractivity contribution is 14.1. The van der Waals surface area contributed by atoms with Crippen molar-refractivity contribution in [3.8, 4) is 6.07 Å². The van der Waals surface area contributed by atoms with Crippen LogP contribution in [0.15, 0.2) is 10.1 Å². The quantitative estimate of drug-likeness (QED) is 0.110. The summed E-state index contributed by atoms with van der Waals surface area (Å²) in [5, 5.41) is 11.8. The summed E-state index contributed by atoms with van der Waals surface area (Å²) in [6.07, 6.45) is 5.63. The molecule has 10 heteroatoms. The van der Waals surface area contributed by atoms with Crippen molar-refractivity contribution in [3.05, 3.63) is 5.56 Å². The van der Waals surface area contributed by atoms with Gasteiger partial charge < -0.3 is 48.0 Å². The molecule has 0 radical (unpaired) electrons. The summed E-state index contributed by atoms with van der Waals surface area (Å²) in [6.45, 7) is 0. The molecule has 0 bridgehead atoms. The van der Waals surface area contributed by atoms with Gasteiger partial charge in [-0.3, -0.25) is 5.73 Å². The highest BCUT2D eigenvalue weighted by Crippen LogP contribution is 2.47. The summed E-state index contributed by atoms with van der Waals surface area (Å²) in [5.74, 6) is 0.557. The van der Waals surface area contributed by atoms with E-state index in [1.165, 1.54) is 31.0 Å². The Balaban J connectivity index is 0.00000147. The standard InChI is InChI=1S/C12H13IN4S2.3HI/c1-18-10-6(5-14)11-17(12(15)16-10)9-7(13)3-2-4-8(9)19-11;;;/h7-9,15H,2-4H2,1H3;3*1H/p-1/t7-,8-,9+;;;/m0.../s1. The van der Waals surface area contributed by atoms with Gasteiger partial charge in [-0.1, -0.05) is 57.5 Å². The Morgan fingerprint density at radius 3 is 2.73 bits per heavy atom. The van der Waals surface area contributed by atoms with Gasteiger partial charge >= 0.3 is 5.95 Å². The van der Waals surface area contributed by atoms with Crippen LogP contribution in [0, 0.1) is 11.3 Å². The Morgan fingerprint density at radius 1 is 1.45 bits per heavy atom. The Labute approximate surface area is 204 Å². The zero-order valence-corrected chi connectivity index (χ0v) is 22.1. The van der Waals surface area contributed by atoms with E-state index in [0.717, 1.165) is 10.1 Å². The van der Waals surface area contributed by atoms with E-state index >= 15 is 0 Å². The van der Waals surface area contributed by atoms with Crippen LogP contribution in [0.5, 0.6) is 0 Å². The van der Waals surface area contributed by atoms with E-state index in [0.29, 0.717) is 26.7 Å². The van der Waals surface area contributed by atoms with Crippen LogP contribution in [0.25, 0.3) is 0 Å². The molecular formula is C12H15I4N4S2-. The molecule has 0 spiro atoms. The van der Waals surface area contributed by atoms with Crippen molar-refractivity contribution in [1.82, 2.24) is 4.98 Å². The predicted molar refractivity (Wildman–Crippen MR) is 101 cm³/mol. The van der Waals surface area contributed by atoms with Gasteiger partial charge in [0.2, 0.25) is 0 Å². The summed E-state index contributed by atoms with van der Waals surface area (Å²) in [5.41, 5.74) is 6.85. The number of fused-ring (bicyclic) bond motifs is 3. The largest absolute Gasteiger partial charge is 1.00 e. The van der Waals surface area contributed by atoms with Gasteiger partial charge in [0.15, 0.2) is 10.1 Å². The molecule has 1 aromatic heterocycles. The minimum atomic E-state index is 0. The number of alkyl halides is 1. The zero-order valence-electron chi connectivity index (χ0n) is 11.6. The summed E-state index contributed by atoms with van der Waals surface area (Å²) in [4.78, 5) is 4.42. The molecule has 3 rings (SSSR count). The third-order valence-corrected chi connectivity index (χ3v) is 7.18. The van der Waals surface area contributed by atoms with Gasteiger partial charge in [-0.25, -0.2) is 4.57 Å². The van der Waals surface area contributed by atoms with Crippen LogP contribution in [-0.4, -0.2) is 20.4 Å². The maximum atomic E-state index is 9.43. The first-order valence-electron chi connectivity index (χ1n) is 6.17. The molecule has 1 aromatic rings. The maximum Gasteiger partial charge on any atom is 0.391 e. The lowest BCUT2D eigenvalue weighted by molar-refractivity contribution is -0.739. The molecule has 124 valence electrons. The van der Waals surface area contributed by atoms with Gasteiger partial charge in [0, 0.05) is 9.17 Å². The van der Waals surface area contributed by atoms with E-state index in [-0.39, 0.29) is 71.9 Å². The third-order valence-electron chi connectivity index (χ3n) is 3.70. The minimum absolute atomic E-state index is 0. The molecule has 4 nitrogen and oxygen atoms in total. The van der Waals surface area contributed by atoms with Crippen LogP contribution in [-0.2, 0) is 0 Å². The molecule has 0 saturated heterocycles. The lowest BCUT2D eigenvalue weighted by atomic mass is 9.94. The normalized spacial score (nSPS) is 24.7. The number of anilines is 1. The Bertz CT molecular complexity index is 581. The molecule has 2 heterocycles. The lowest BCUT2D eigenvalue weighted by Crippen LogP contribution is -3.00. The number of thioether (sulfide) groups is 2. The summed E-state index contributed by atoms with van der Waals surface area (Å²) < 4.78 is 2.69. The van der Waals surface area contributed by atoms with Crippen LogP contribution in [0.3, 0.4) is 0 Å². The first-order valence-corrected chi connectivity index (χ1v) is 9.52. The first kappa shape index (κ1) is 24.0. The number of hydrogen-bond acceptors (Lipinski definition) is 5. The average Bonchev–Trinajstić information content (AvgIpc) is 2.79. The molecule has 1 fully saturated rings. The topological polar surface area (TPSA) is 66.6 Å². The van der Waals surface area contributed by atoms with Crippen molar-refractivity contribution in [2.75, 3.05) is 12.0 Å². The van der Waals surface area contributed by atoms with Crippen molar-refractivity contribution in [2.45, 2.75) is 44.5 Å². The van der Waals surface area contributed by atoms with Crippen LogP contribution < -0.4 is 58.3 Å². The average molecular weight is 787 g/mol. The highest BCUT2D eigenvalue weighted by Gasteiger charge is 2.46. The van der Waals surface area contributed by atoms with E-state index in [1.54, 1.807) is 0 Å². The molecule has 1 saturated carbocycles. The number of nitrogens with zero attached hydrogens (tertiary/aromatic N) is 3. The second kappa shape index (κ2) is 10.2. The van der Waals surface area contributed by atoms with Crippen molar-refractivity contribution >= 4 is 76.0 Å². The van der Waals surface area contributed by atoms with Crippen LogP contribution >= 0.6 is 70.1 Å². The van der Waals surface area contributed by atoms with E-state index in [2.05, 4.69) is 38.2 Å². The van der Waals surface area contributed by atoms with E-state index < -0.39 is 0 Å². The van der Waals surface area contributed by atoms with Gasteiger partial charge in [0.1, 0.15) is 17.7 Å². The molecule has 22 heavy (non-hydrogen) atoms. The van der Waals surface area contributed by atoms with Crippen LogP contribution in [0.2, 0.25) is 0 Å². The molecule has 2 N–H and O–H groups in total. The van der Waals surface area contributed by atoms with E-state index in [1.807, 2.05) is 18.0 Å². The van der Waals surface area contributed by atoms with Gasteiger partial charge in [0.05, 0.1) is 0 Å². The number of rotatable bonds is 1. The summed E-state index contributed by atoms with van der Waals surface area (Å²) >= 11 is 5.84. The Kier molecular flexibility index (Phi) is 11.1. The number of nitriles is 1. The molecule has 0 aromatic carbocycles. The molecular weight excluding hydrogens is 772 g/mol. The van der Waals surface area contributed by atoms with Gasteiger partial charge in [0.25, 0.3) is 0 Å². The second-order valence-corrected chi connectivity index (χ2v) is 8.36. The molecule has 0 amide bonds. The second-order valence-electron chi connectivity index (χ2n) is 4.74. The fourth-order valence-corrected chi connectivity index (χ4v) is 6.62. The number of aromatic nitrogens is 2. The number of nitrogens with two attached hydrogens (primary N) is 1. The van der Waals surface area contributed by atoms with E-state index in [4.69, 9.17) is 5.73 Å². The van der Waals surface area contributed by atoms with Crippen LogP contribution in [0.4, 0.5) is 5.95 Å². The zero-order chi connectivity index (χ0) is 13.6. The Hall–Kier alpha value is 1.99. The number of hydrogen-bond donors (Lipinski definition) is 1. The SMILES string of the molecule is CSc1nc(N)[n+]2c(c1C#N)S[C@H]1CCC[C@H](I)[C@H]12.I.[I-].[I-]. The Morgan fingerprint density at radius 2 is 2.14 bits per heavy atom. The highest BCUT2D eigenvalue weighted by atomic mass is 127. The van der Waals surface area contributed by atoms with Gasteiger partial charge in [-0.05, 0) is 19.1 Å². The molecule has 0 unspecified atom stereocenters. The van der Waals surface area contributed by atoms with Gasteiger partial charge in [-0.15, -0.1) is 24.0 Å². The number of nitrogen functional groups attached to an aromatic ring is 1. The molecule has 2 aliphatic rings. The number of halogens is 4. The van der Waals surface area contributed by atoms with Crippen molar-refractivity contribution in [1.29, 1.82) is 5.26 Å². The van der Waals surface area contributed by atoms with E-state index in [9.17, 15) is 5.26 Å². The van der Waals surface area contributed by atoms with Gasteiger partial charge in [-0.2, -0.15) is 5.26 Å². The summed E-state index contributed by atoms with van der Waals surface area (Å²) in [6, 6.07) is 2.71. The van der Waals surface area contributed by atoms with Crippen LogP contribution in [0.1, 0.15) is 30.9 Å². The van der Waals surface area contributed by atoms with Crippen molar-refractivity contribution in [3.63, 3.8) is 0 Å². The molecule has 1 aliphatic carbocycles. The third kappa shape index (κ3) is 4.21. The predicted octanol–water partition coefficient (Wildman–Crippen LogP) is -2.83. The monoisotopic (exact) mass is 787 g/mol. The fraction of sp³-hybridized carbons (Fsp3) is 0.583. The molecule has 3 atom stereocenters. The van der Waals surface area contributed by atoms with Crippen molar-refractivity contribution in [2.24, 2.45) is 0 Å². The maximum absolute atomic E-state index is 9.43. The first-order chi connectivity index (χ1) is 9.17. The lowest BCUT2D eigenvalue weighted by Gasteiger charge is -2.28. The minimum Gasteiger partial charge on any atom is -1.00 e. The summed E-state index contributed by atoms with van der Waals surface area (Å²) in [7, 11) is 0.